The largest absolute Gasteiger partial charge is 0.349 e. The molecule has 1 saturated carbocycles. The molecular weight excluding hydrogens is 471 g/mol. The van der Waals surface area contributed by atoms with E-state index in [0.29, 0.717) is 29.7 Å². The van der Waals surface area contributed by atoms with Crippen molar-refractivity contribution in [2.24, 2.45) is 11.8 Å². The molecule has 0 bridgehead atoms. The number of carbonyl (C=O) groups excluding carboxylic acids is 1. The van der Waals surface area contributed by atoms with E-state index in [9.17, 15) is 9.18 Å². The maximum absolute atomic E-state index is 13.8. The number of carbonyl (C=O) groups is 1. The van der Waals surface area contributed by atoms with Crippen LogP contribution in [0, 0.1) is 17.7 Å². The van der Waals surface area contributed by atoms with Crippen molar-refractivity contribution in [3.05, 3.63) is 89.5 Å². The second-order valence-electron chi connectivity index (χ2n) is 9.81. The van der Waals surface area contributed by atoms with Gasteiger partial charge >= 0.3 is 0 Å². The van der Waals surface area contributed by atoms with Gasteiger partial charge in [0.1, 0.15) is 5.82 Å². The van der Waals surface area contributed by atoms with Crippen LogP contribution >= 0.6 is 11.8 Å². The van der Waals surface area contributed by atoms with Crippen LogP contribution in [0.2, 0.25) is 0 Å². The van der Waals surface area contributed by atoms with Gasteiger partial charge in [0.25, 0.3) is 5.91 Å². The second kappa shape index (κ2) is 10.8. The number of hydrogen-bond donors (Lipinski definition) is 1. The molecule has 5 nitrogen and oxygen atoms in total. The van der Waals surface area contributed by atoms with Gasteiger partial charge in [-0.05, 0) is 59.7 Å². The molecule has 0 spiro atoms. The molecule has 2 aromatic heterocycles. The number of fused-ring (bicyclic) bond motifs is 1. The van der Waals surface area contributed by atoms with E-state index < -0.39 is 0 Å². The summed E-state index contributed by atoms with van der Waals surface area (Å²) >= 11 is 1.62. The van der Waals surface area contributed by atoms with Crippen molar-refractivity contribution in [3.63, 3.8) is 0 Å². The van der Waals surface area contributed by atoms with E-state index in [1.54, 1.807) is 36.3 Å². The molecule has 1 N–H and O–H groups in total. The lowest BCUT2D eigenvalue weighted by Gasteiger charge is -2.34. The quantitative estimate of drug-likeness (QED) is 0.295. The van der Waals surface area contributed by atoms with Crippen molar-refractivity contribution < 1.29 is 9.18 Å². The molecule has 0 saturated heterocycles. The number of pyridine rings is 1. The molecule has 4 aromatic rings. The fourth-order valence-corrected chi connectivity index (χ4v) is 5.94. The molecule has 3 atom stereocenters. The van der Waals surface area contributed by atoms with Crippen LogP contribution in [0.15, 0.2) is 72.1 Å². The summed E-state index contributed by atoms with van der Waals surface area (Å²) in [5.74, 6) is 1.61. The highest BCUT2D eigenvalue weighted by atomic mass is 32.2. The third kappa shape index (κ3) is 5.46. The minimum absolute atomic E-state index is 0.00420. The lowest BCUT2D eigenvalue weighted by atomic mass is 9.78. The molecule has 186 valence electrons. The fourth-order valence-electron chi connectivity index (χ4n) is 4.97. The summed E-state index contributed by atoms with van der Waals surface area (Å²) in [6, 6.07) is 16.6. The van der Waals surface area contributed by atoms with Gasteiger partial charge in [0, 0.05) is 23.6 Å². The lowest BCUT2D eigenvalue weighted by Crippen LogP contribution is -2.43. The van der Waals surface area contributed by atoms with Gasteiger partial charge in [0.2, 0.25) is 0 Å². The topological polar surface area (TPSA) is 59.8 Å². The Morgan fingerprint density at radius 1 is 1.11 bits per heavy atom. The number of aromatic nitrogens is 3. The summed E-state index contributed by atoms with van der Waals surface area (Å²) < 4.78 is 15.8. The van der Waals surface area contributed by atoms with Gasteiger partial charge in [-0.3, -0.25) is 9.78 Å². The summed E-state index contributed by atoms with van der Waals surface area (Å²) in [4.78, 5) is 21.9. The Morgan fingerprint density at radius 3 is 2.75 bits per heavy atom. The monoisotopic (exact) mass is 502 g/mol. The highest BCUT2D eigenvalue weighted by Crippen LogP contribution is 2.30. The molecule has 0 radical (unpaired) electrons. The van der Waals surface area contributed by atoms with Crippen molar-refractivity contribution >= 4 is 28.7 Å². The molecule has 0 aliphatic heterocycles. The third-order valence-corrected chi connectivity index (χ3v) is 8.40. The zero-order valence-electron chi connectivity index (χ0n) is 20.7. The number of halogens is 1. The van der Waals surface area contributed by atoms with Gasteiger partial charge in [0.15, 0.2) is 5.16 Å². The molecule has 5 rings (SSSR count). The minimum atomic E-state index is -0.249. The first-order valence-electron chi connectivity index (χ1n) is 12.6. The Morgan fingerprint density at radius 2 is 1.94 bits per heavy atom. The Bertz CT molecular complexity index is 1350. The Hall–Kier alpha value is -3.19. The zero-order valence-corrected chi connectivity index (χ0v) is 21.5. The van der Waals surface area contributed by atoms with Crippen LogP contribution in [0.3, 0.4) is 0 Å². The van der Waals surface area contributed by atoms with E-state index in [0.717, 1.165) is 33.7 Å². The number of amides is 1. The summed E-state index contributed by atoms with van der Waals surface area (Å²) in [5, 5.41) is 4.10. The number of imidazole rings is 1. The molecule has 2 aromatic carbocycles. The van der Waals surface area contributed by atoms with Gasteiger partial charge < -0.3 is 9.88 Å². The van der Waals surface area contributed by atoms with E-state index >= 15 is 0 Å². The number of benzene rings is 2. The lowest BCUT2D eigenvalue weighted by molar-refractivity contribution is 0.0891. The van der Waals surface area contributed by atoms with Crippen molar-refractivity contribution in [1.82, 2.24) is 19.9 Å². The Labute approximate surface area is 215 Å². The number of hydrogen-bond acceptors (Lipinski definition) is 4. The van der Waals surface area contributed by atoms with Gasteiger partial charge in [-0.25, -0.2) is 9.37 Å². The van der Waals surface area contributed by atoms with E-state index in [4.69, 9.17) is 4.98 Å². The molecule has 1 aliphatic rings. The maximum Gasteiger partial charge on any atom is 0.251 e. The van der Waals surface area contributed by atoms with Crippen molar-refractivity contribution in [2.45, 2.75) is 56.6 Å². The molecule has 1 fully saturated rings. The molecule has 3 unspecified atom stereocenters. The van der Waals surface area contributed by atoms with Crippen LogP contribution in [-0.2, 0) is 12.3 Å². The number of nitrogens with one attached hydrogen (secondary N) is 1. The highest BCUT2D eigenvalue weighted by Gasteiger charge is 2.28. The first-order valence-corrected chi connectivity index (χ1v) is 13.5. The SMILES string of the molecule is CC1CCCC(NC(=O)c2ccc(CSc3nc4ccncc4n3Cc3cccc(F)c3)cc2)C1C. The molecule has 1 amide bonds. The van der Waals surface area contributed by atoms with Crippen LogP contribution in [0.1, 0.15) is 54.6 Å². The standard InChI is InChI=1S/C29H31FN4OS/c1-19-5-3-8-25(20(19)2)32-28(35)23-11-9-21(10-12-23)18-36-29-33-26-13-14-31-16-27(26)34(29)17-22-6-4-7-24(30)15-22/h4,6-7,9-16,19-20,25H,3,5,8,17-18H2,1-2H3,(H,32,35). The van der Waals surface area contributed by atoms with Gasteiger partial charge in [-0.1, -0.05) is 62.7 Å². The first kappa shape index (κ1) is 24.5. The Balaban J connectivity index is 1.27. The normalized spacial score (nSPS) is 19.9. The van der Waals surface area contributed by atoms with Crippen molar-refractivity contribution in [3.8, 4) is 0 Å². The van der Waals surface area contributed by atoms with Gasteiger partial charge in [0.05, 0.1) is 23.8 Å². The minimum Gasteiger partial charge on any atom is -0.349 e. The summed E-state index contributed by atoms with van der Waals surface area (Å²) in [5.41, 5.74) is 4.46. The fraction of sp³-hybridized carbons (Fsp3) is 0.345. The summed E-state index contributed by atoms with van der Waals surface area (Å²) in [6.07, 6.45) is 7.00. The van der Waals surface area contributed by atoms with Crippen LogP contribution < -0.4 is 5.32 Å². The second-order valence-corrected chi connectivity index (χ2v) is 10.8. The predicted octanol–water partition coefficient (Wildman–Crippen LogP) is 6.47. The number of thioether (sulfide) groups is 1. The molecule has 7 heteroatoms. The molecule has 36 heavy (non-hydrogen) atoms. The third-order valence-electron chi connectivity index (χ3n) is 7.35. The zero-order chi connectivity index (χ0) is 25.1. The van der Waals surface area contributed by atoms with Crippen molar-refractivity contribution in [1.29, 1.82) is 0 Å². The van der Waals surface area contributed by atoms with Crippen LogP contribution in [0.4, 0.5) is 4.39 Å². The van der Waals surface area contributed by atoms with E-state index in [1.165, 1.54) is 18.9 Å². The van der Waals surface area contributed by atoms with Crippen LogP contribution in [0.25, 0.3) is 11.0 Å². The smallest absolute Gasteiger partial charge is 0.251 e. The number of rotatable bonds is 7. The molecular formula is C29H31FN4OS. The number of nitrogens with zero attached hydrogens (tertiary/aromatic N) is 3. The maximum atomic E-state index is 13.8. The van der Waals surface area contributed by atoms with Gasteiger partial charge in [-0.2, -0.15) is 0 Å². The summed E-state index contributed by atoms with van der Waals surface area (Å²) in [7, 11) is 0. The average molecular weight is 503 g/mol. The highest BCUT2D eigenvalue weighted by molar-refractivity contribution is 7.98. The molecule has 2 heterocycles. The van der Waals surface area contributed by atoms with Crippen LogP contribution in [0.5, 0.6) is 0 Å². The van der Waals surface area contributed by atoms with Crippen LogP contribution in [-0.4, -0.2) is 26.5 Å². The first-order chi connectivity index (χ1) is 17.5. The van der Waals surface area contributed by atoms with E-state index in [-0.39, 0.29) is 17.8 Å². The summed E-state index contributed by atoms with van der Waals surface area (Å²) in [6.45, 7) is 5.03. The van der Waals surface area contributed by atoms with E-state index in [1.807, 2.05) is 36.4 Å². The molecule has 1 aliphatic carbocycles. The van der Waals surface area contributed by atoms with Gasteiger partial charge in [-0.15, -0.1) is 0 Å². The van der Waals surface area contributed by atoms with Crippen molar-refractivity contribution in [2.75, 3.05) is 0 Å². The predicted molar refractivity (Wildman–Crippen MR) is 142 cm³/mol. The van der Waals surface area contributed by atoms with E-state index in [2.05, 4.69) is 28.7 Å². The Kier molecular flexibility index (Phi) is 7.37. The average Bonchev–Trinajstić information content (AvgIpc) is 3.23.